The standard InChI is InChI=1S/C12H13BrF3NO3S/c1-7-4-8(6-18)5-9(10(7)13)21(19,20)17-11(2-3-11)12(14,15)16/h4-5,17-18H,2-3,6H2,1H3. The third-order valence-electron chi connectivity index (χ3n) is 3.38. The van der Waals surface area contributed by atoms with Gasteiger partial charge in [0.2, 0.25) is 10.0 Å². The largest absolute Gasteiger partial charge is 0.407 e. The van der Waals surface area contributed by atoms with Crippen LogP contribution in [0.1, 0.15) is 24.0 Å². The molecular formula is C12H13BrF3NO3S. The molecule has 0 unspecified atom stereocenters. The molecule has 4 nitrogen and oxygen atoms in total. The van der Waals surface area contributed by atoms with Gasteiger partial charge in [-0.1, -0.05) is 6.07 Å². The number of sulfonamides is 1. The van der Waals surface area contributed by atoms with Gasteiger partial charge in [-0.15, -0.1) is 0 Å². The van der Waals surface area contributed by atoms with Crippen LogP contribution in [0.25, 0.3) is 0 Å². The van der Waals surface area contributed by atoms with Gasteiger partial charge in [-0.05, 0) is 52.9 Å². The zero-order chi connectivity index (χ0) is 16.1. The number of hydrogen-bond donors (Lipinski definition) is 2. The van der Waals surface area contributed by atoms with Gasteiger partial charge in [-0.3, -0.25) is 0 Å². The van der Waals surface area contributed by atoms with Crippen molar-refractivity contribution in [3.8, 4) is 0 Å². The Morgan fingerprint density at radius 2 is 1.95 bits per heavy atom. The van der Waals surface area contributed by atoms with Gasteiger partial charge in [-0.25, -0.2) is 8.42 Å². The summed E-state index contributed by atoms with van der Waals surface area (Å²) in [5, 5.41) is 9.11. The van der Waals surface area contributed by atoms with Crippen LogP contribution in [0.15, 0.2) is 21.5 Å². The van der Waals surface area contributed by atoms with Crippen LogP contribution in [-0.4, -0.2) is 25.2 Å². The average molecular weight is 388 g/mol. The molecule has 0 aliphatic heterocycles. The van der Waals surface area contributed by atoms with Crippen molar-refractivity contribution in [3.63, 3.8) is 0 Å². The van der Waals surface area contributed by atoms with Gasteiger partial charge < -0.3 is 5.11 Å². The molecule has 9 heteroatoms. The molecule has 0 amide bonds. The Labute approximate surface area is 128 Å². The number of alkyl halides is 3. The summed E-state index contributed by atoms with van der Waals surface area (Å²) in [5.74, 6) is 0. The molecule has 1 aliphatic carbocycles. The van der Waals surface area contributed by atoms with Crippen molar-refractivity contribution >= 4 is 26.0 Å². The Balaban J connectivity index is 2.44. The van der Waals surface area contributed by atoms with Crippen molar-refractivity contribution in [2.75, 3.05) is 0 Å². The van der Waals surface area contributed by atoms with E-state index in [1.54, 1.807) is 17.7 Å². The van der Waals surface area contributed by atoms with E-state index in [0.29, 0.717) is 11.1 Å². The summed E-state index contributed by atoms with van der Waals surface area (Å²) in [6.45, 7) is 1.19. The normalized spacial score (nSPS) is 17.8. The van der Waals surface area contributed by atoms with E-state index in [1.165, 1.54) is 0 Å². The van der Waals surface area contributed by atoms with E-state index in [9.17, 15) is 21.6 Å². The van der Waals surface area contributed by atoms with Crippen LogP contribution < -0.4 is 4.72 Å². The maximum absolute atomic E-state index is 12.9. The summed E-state index contributed by atoms with van der Waals surface area (Å²) < 4.78 is 65.1. The predicted octanol–water partition coefficient (Wildman–Crippen LogP) is 2.62. The first-order valence-electron chi connectivity index (χ1n) is 6.03. The van der Waals surface area contributed by atoms with Crippen LogP contribution in [-0.2, 0) is 16.6 Å². The first-order valence-corrected chi connectivity index (χ1v) is 8.31. The van der Waals surface area contributed by atoms with Gasteiger partial charge in [0.15, 0.2) is 0 Å². The second kappa shape index (κ2) is 5.22. The number of rotatable bonds is 4. The maximum Gasteiger partial charge on any atom is 0.407 e. The number of benzene rings is 1. The number of aliphatic hydroxyl groups is 1. The molecule has 2 N–H and O–H groups in total. The number of aliphatic hydroxyl groups excluding tert-OH is 1. The smallest absolute Gasteiger partial charge is 0.392 e. The summed E-state index contributed by atoms with van der Waals surface area (Å²) in [6, 6.07) is 2.71. The Morgan fingerprint density at radius 3 is 2.38 bits per heavy atom. The minimum atomic E-state index is -4.63. The van der Waals surface area contributed by atoms with Crippen LogP contribution in [0.3, 0.4) is 0 Å². The highest BCUT2D eigenvalue weighted by Crippen LogP contribution is 2.50. The molecule has 1 aliphatic rings. The van der Waals surface area contributed by atoms with Crippen molar-refractivity contribution in [1.29, 1.82) is 0 Å². The third-order valence-corrected chi connectivity index (χ3v) is 6.25. The highest BCUT2D eigenvalue weighted by atomic mass is 79.9. The number of halogens is 4. The van der Waals surface area contributed by atoms with Gasteiger partial charge in [0, 0.05) is 4.47 Å². The lowest BCUT2D eigenvalue weighted by molar-refractivity contribution is -0.160. The zero-order valence-corrected chi connectivity index (χ0v) is 13.4. The van der Waals surface area contributed by atoms with E-state index in [0.717, 1.165) is 6.07 Å². The monoisotopic (exact) mass is 387 g/mol. The summed E-state index contributed by atoms with van der Waals surface area (Å²) in [6.07, 6.45) is -5.17. The first kappa shape index (κ1) is 16.7. The summed E-state index contributed by atoms with van der Waals surface area (Å²) >= 11 is 3.08. The van der Waals surface area contributed by atoms with Crippen molar-refractivity contribution < 1.29 is 26.7 Å². The minimum absolute atomic E-state index is 0.185. The lowest BCUT2D eigenvalue weighted by Crippen LogP contribution is -2.47. The molecule has 1 saturated carbocycles. The van der Waals surface area contributed by atoms with Crippen molar-refractivity contribution in [3.05, 3.63) is 27.7 Å². The van der Waals surface area contributed by atoms with Gasteiger partial charge >= 0.3 is 6.18 Å². The Kier molecular flexibility index (Phi) is 4.16. The molecule has 21 heavy (non-hydrogen) atoms. The van der Waals surface area contributed by atoms with E-state index in [4.69, 9.17) is 5.11 Å². The van der Waals surface area contributed by atoms with Crippen LogP contribution in [0.2, 0.25) is 0 Å². The van der Waals surface area contributed by atoms with Gasteiger partial charge in [0.05, 0.1) is 11.5 Å². The SMILES string of the molecule is Cc1cc(CO)cc(S(=O)(=O)NC2(C(F)(F)F)CC2)c1Br. The highest BCUT2D eigenvalue weighted by molar-refractivity contribution is 9.10. The Morgan fingerprint density at radius 1 is 1.38 bits per heavy atom. The molecule has 118 valence electrons. The first-order chi connectivity index (χ1) is 9.52. The van der Waals surface area contributed by atoms with Crippen LogP contribution >= 0.6 is 15.9 Å². The summed E-state index contributed by atoms with van der Waals surface area (Å²) in [5.41, 5.74) is -1.54. The molecule has 0 bridgehead atoms. The fourth-order valence-electron chi connectivity index (χ4n) is 1.98. The van der Waals surface area contributed by atoms with Crippen LogP contribution in [0.5, 0.6) is 0 Å². The number of nitrogens with one attached hydrogen (secondary N) is 1. The van der Waals surface area contributed by atoms with E-state index in [1.807, 2.05) is 0 Å². The third kappa shape index (κ3) is 3.10. The molecule has 0 aromatic heterocycles. The van der Waals surface area contributed by atoms with E-state index in [-0.39, 0.29) is 22.2 Å². The topological polar surface area (TPSA) is 66.4 Å². The fourth-order valence-corrected chi connectivity index (χ4v) is 4.49. The fraction of sp³-hybridized carbons (Fsp3) is 0.500. The van der Waals surface area contributed by atoms with Gasteiger partial charge in [0.1, 0.15) is 5.54 Å². The predicted molar refractivity (Wildman–Crippen MR) is 73.1 cm³/mol. The number of aryl methyl sites for hydroxylation is 1. The second-order valence-electron chi connectivity index (χ2n) is 5.07. The molecule has 1 aromatic carbocycles. The minimum Gasteiger partial charge on any atom is -0.392 e. The molecule has 2 rings (SSSR count). The zero-order valence-electron chi connectivity index (χ0n) is 11.0. The maximum atomic E-state index is 12.9. The van der Waals surface area contributed by atoms with E-state index in [2.05, 4.69) is 15.9 Å². The van der Waals surface area contributed by atoms with E-state index < -0.39 is 28.3 Å². The van der Waals surface area contributed by atoms with Crippen molar-refractivity contribution in [2.45, 2.75) is 43.0 Å². The van der Waals surface area contributed by atoms with E-state index >= 15 is 0 Å². The van der Waals surface area contributed by atoms with Crippen molar-refractivity contribution in [1.82, 2.24) is 4.72 Å². The summed E-state index contributed by atoms with van der Waals surface area (Å²) in [4.78, 5) is -0.304. The lowest BCUT2D eigenvalue weighted by Gasteiger charge is -2.21. The molecular weight excluding hydrogens is 375 g/mol. The molecule has 0 saturated heterocycles. The average Bonchev–Trinajstić information content (AvgIpc) is 3.11. The van der Waals surface area contributed by atoms with Crippen LogP contribution in [0.4, 0.5) is 13.2 Å². The lowest BCUT2D eigenvalue weighted by atomic mass is 10.1. The second-order valence-corrected chi connectivity index (χ2v) is 7.51. The quantitative estimate of drug-likeness (QED) is 0.834. The van der Waals surface area contributed by atoms with Gasteiger partial charge in [-0.2, -0.15) is 17.9 Å². The number of hydrogen-bond acceptors (Lipinski definition) is 3. The Bertz CT molecular complexity index is 669. The molecule has 0 atom stereocenters. The molecule has 1 aromatic rings. The molecule has 0 heterocycles. The molecule has 0 spiro atoms. The molecule has 0 radical (unpaired) electrons. The summed E-state index contributed by atoms with van der Waals surface area (Å²) in [7, 11) is -4.35. The Hall–Kier alpha value is -0.640. The van der Waals surface area contributed by atoms with Gasteiger partial charge in [0.25, 0.3) is 0 Å². The highest BCUT2D eigenvalue weighted by Gasteiger charge is 2.65. The molecule has 1 fully saturated rings. The van der Waals surface area contributed by atoms with Crippen molar-refractivity contribution in [2.24, 2.45) is 0 Å². The van der Waals surface area contributed by atoms with Crippen LogP contribution in [0, 0.1) is 6.92 Å².